The zero-order valence-corrected chi connectivity index (χ0v) is 14.1. The number of fused-ring (bicyclic) bond motifs is 1. The van der Waals surface area contributed by atoms with E-state index in [4.69, 9.17) is 4.98 Å². The summed E-state index contributed by atoms with van der Waals surface area (Å²) < 4.78 is 2.35. The van der Waals surface area contributed by atoms with E-state index in [2.05, 4.69) is 68.8 Å². The molecule has 0 radical (unpaired) electrons. The monoisotopic (exact) mass is 287 g/mol. The molecule has 1 aromatic carbocycles. The van der Waals surface area contributed by atoms with Crippen molar-refractivity contribution in [2.24, 2.45) is 5.41 Å². The van der Waals surface area contributed by atoms with Gasteiger partial charge in [0.1, 0.15) is 5.82 Å². The molecule has 116 valence electrons. The topological polar surface area (TPSA) is 29.9 Å². The molecule has 1 heterocycles. The van der Waals surface area contributed by atoms with Gasteiger partial charge >= 0.3 is 0 Å². The predicted octanol–water partition coefficient (Wildman–Crippen LogP) is 4.01. The van der Waals surface area contributed by atoms with Gasteiger partial charge in [0, 0.05) is 19.0 Å². The molecular formula is C18H29N3. The number of hydrogen-bond donors (Lipinski definition) is 1. The fourth-order valence-electron chi connectivity index (χ4n) is 3.10. The van der Waals surface area contributed by atoms with Crippen LogP contribution in [0.3, 0.4) is 0 Å². The molecule has 1 atom stereocenters. The van der Waals surface area contributed by atoms with Gasteiger partial charge in [0.15, 0.2) is 0 Å². The molecule has 21 heavy (non-hydrogen) atoms. The Balaban J connectivity index is 2.27. The average Bonchev–Trinajstić information content (AvgIpc) is 2.74. The van der Waals surface area contributed by atoms with Crippen LogP contribution in [0.4, 0.5) is 0 Å². The first-order chi connectivity index (χ1) is 9.94. The van der Waals surface area contributed by atoms with E-state index in [0.29, 0.717) is 11.5 Å². The Labute approximate surface area is 128 Å². The Morgan fingerprint density at radius 1 is 1.19 bits per heavy atom. The summed E-state index contributed by atoms with van der Waals surface area (Å²) >= 11 is 0. The van der Waals surface area contributed by atoms with Crippen molar-refractivity contribution in [3.8, 4) is 0 Å². The van der Waals surface area contributed by atoms with Crippen LogP contribution in [0, 0.1) is 5.41 Å². The van der Waals surface area contributed by atoms with Gasteiger partial charge in [0.2, 0.25) is 0 Å². The summed E-state index contributed by atoms with van der Waals surface area (Å²) in [5.74, 6) is 1.20. The second-order valence-corrected chi connectivity index (χ2v) is 6.98. The van der Waals surface area contributed by atoms with Crippen LogP contribution in [0.2, 0.25) is 0 Å². The maximum Gasteiger partial charge on any atom is 0.111 e. The van der Waals surface area contributed by atoms with E-state index in [-0.39, 0.29) is 0 Å². The number of imidazole rings is 1. The van der Waals surface area contributed by atoms with Gasteiger partial charge in [-0.15, -0.1) is 0 Å². The SMILES string of the molecule is CCNC(Cc1nc2ccccc2n1CC)CC(C)(C)C. The highest BCUT2D eigenvalue weighted by Gasteiger charge is 2.21. The zero-order chi connectivity index (χ0) is 15.5. The van der Waals surface area contributed by atoms with Crippen molar-refractivity contribution in [2.75, 3.05) is 6.54 Å². The molecule has 0 amide bonds. The van der Waals surface area contributed by atoms with Crippen molar-refractivity contribution < 1.29 is 0 Å². The first-order valence-electron chi connectivity index (χ1n) is 8.12. The molecule has 1 unspecified atom stereocenters. The molecule has 3 nitrogen and oxygen atoms in total. The van der Waals surface area contributed by atoms with E-state index >= 15 is 0 Å². The molecule has 1 aromatic heterocycles. The number of aromatic nitrogens is 2. The summed E-state index contributed by atoms with van der Waals surface area (Å²) in [5.41, 5.74) is 2.69. The van der Waals surface area contributed by atoms with Crippen molar-refractivity contribution >= 4 is 11.0 Å². The molecule has 0 fully saturated rings. The molecular weight excluding hydrogens is 258 g/mol. The van der Waals surface area contributed by atoms with Crippen LogP contribution in [-0.4, -0.2) is 22.1 Å². The van der Waals surface area contributed by atoms with Crippen LogP contribution in [0.15, 0.2) is 24.3 Å². The Hall–Kier alpha value is -1.35. The molecule has 0 saturated carbocycles. The Morgan fingerprint density at radius 2 is 1.90 bits per heavy atom. The predicted molar refractivity (Wildman–Crippen MR) is 90.6 cm³/mol. The maximum atomic E-state index is 4.86. The Morgan fingerprint density at radius 3 is 2.52 bits per heavy atom. The van der Waals surface area contributed by atoms with Gasteiger partial charge in [-0.2, -0.15) is 0 Å². The van der Waals surface area contributed by atoms with Crippen LogP contribution in [-0.2, 0) is 13.0 Å². The third-order valence-corrected chi connectivity index (χ3v) is 3.83. The quantitative estimate of drug-likeness (QED) is 0.870. The number of hydrogen-bond acceptors (Lipinski definition) is 2. The standard InChI is InChI=1S/C18H29N3/c1-6-19-14(13-18(3,4)5)12-17-20-15-10-8-9-11-16(15)21(17)7-2/h8-11,14,19H,6-7,12-13H2,1-5H3. The number of benzene rings is 1. The normalized spacial score (nSPS) is 13.8. The molecule has 0 aliphatic heterocycles. The van der Waals surface area contributed by atoms with E-state index in [1.54, 1.807) is 0 Å². The van der Waals surface area contributed by atoms with Gasteiger partial charge in [-0.05, 0) is 37.4 Å². The van der Waals surface area contributed by atoms with Gasteiger partial charge in [-0.25, -0.2) is 4.98 Å². The number of rotatable bonds is 6. The van der Waals surface area contributed by atoms with E-state index < -0.39 is 0 Å². The van der Waals surface area contributed by atoms with Gasteiger partial charge < -0.3 is 9.88 Å². The Kier molecular flexibility index (Phi) is 5.04. The molecule has 3 heteroatoms. The van der Waals surface area contributed by atoms with Gasteiger partial charge in [-0.1, -0.05) is 39.8 Å². The van der Waals surface area contributed by atoms with Crippen LogP contribution in [0.5, 0.6) is 0 Å². The lowest BCUT2D eigenvalue weighted by molar-refractivity contribution is 0.306. The van der Waals surface area contributed by atoms with Crippen LogP contribution < -0.4 is 5.32 Å². The third-order valence-electron chi connectivity index (χ3n) is 3.83. The summed E-state index contributed by atoms with van der Waals surface area (Å²) in [5, 5.41) is 3.63. The highest BCUT2D eigenvalue weighted by atomic mass is 15.1. The van der Waals surface area contributed by atoms with Crippen LogP contribution in [0.25, 0.3) is 11.0 Å². The highest BCUT2D eigenvalue weighted by molar-refractivity contribution is 5.75. The van der Waals surface area contributed by atoms with Gasteiger partial charge in [0.05, 0.1) is 11.0 Å². The molecule has 0 bridgehead atoms. The van der Waals surface area contributed by atoms with E-state index in [1.165, 1.54) is 11.3 Å². The fraction of sp³-hybridized carbons (Fsp3) is 0.611. The minimum atomic E-state index is 0.329. The lowest BCUT2D eigenvalue weighted by atomic mass is 9.87. The fourth-order valence-corrected chi connectivity index (χ4v) is 3.10. The first kappa shape index (κ1) is 16.0. The number of nitrogens with zero attached hydrogens (tertiary/aromatic N) is 2. The second kappa shape index (κ2) is 6.61. The van der Waals surface area contributed by atoms with E-state index in [0.717, 1.165) is 31.4 Å². The summed E-state index contributed by atoms with van der Waals surface area (Å²) in [6.07, 6.45) is 2.15. The number of nitrogens with one attached hydrogen (secondary N) is 1. The van der Waals surface area contributed by atoms with Crippen molar-refractivity contribution in [2.45, 2.75) is 60.0 Å². The summed E-state index contributed by atoms with van der Waals surface area (Å²) in [6, 6.07) is 8.92. The summed E-state index contributed by atoms with van der Waals surface area (Å²) in [4.78, 5) is 4.86. The largest absolute Gasteiger partial charge is 0.328 e. The number of likely N-dealkylation sites (N-methyl/N-ethyl adjacent to an activating group) is 1. The number of aryl methyl sites for hydroxylation is 1. The van der Waals surface area contributed by atoms with Crippen molar-refractivity contribution in [3.05, 3.63) is 30.1 Å². The van der Waals surface area contributed by atoms with Crippen molar-refractivity contribution in [3.63, 3.8) is 0 Å². The summed E-state index contributed by atoms with van der Waals surface area (Å²) in [7, 11) is 0. The number of para-hydroxylation sites is 2. The van der Waals surface area contributed by atoms with Gasteiger partial charge in [-0.3, -0.25) is 0 Å². The minimum Gasteiger partial charge on any atom is -0.328 e. The Bertz CT molecular complexity index is 578. The van der Waals surface area contributed by atoms with E-state index in [9.17, 15) is 0 Å². The van der Waals surface area contributed by atoms with Crippen LogP contribution in [0.1, 0.15) is 46.9 Å². The average molecular weight is 287 g/mol. The second-order valence-electron chi connectivity index (χ2n) is 6.98. The maximum absolute atomic E-state index is 4.86. The molecule has 0 saturated heterocycles. The smallest absolute Gasteiger partial charge is 0.111 e. The summed E-state index contributed by atoms with van der Waals surface area (Å²) in [6.45, 7) is 13.3. The van der Waals surface area contributed by atoms with Crippen molar-refractivity contribution in [1.29, 1.82) is 0 Å². The zero-order valence-electron chi connectivity index (χ0n) is 14.1. The molecule has 2 aromatic rings. The molecule has 0 aliphatic carbocycles. The lowest BCUT2D eigenvalue weighted by Crippen LogP contribution is -2.35. The van der Waals surface area contributed by atoms with Gasteiger partial charge in [0.25, 0.3) is 0 Å². The van der Waals surface area contributed by atoms with Crippen LogP contribution >= 0.6 is 0 Å². The molecule has 2 rings (SSSR count). The molecule has 1 N–H and O–H groups in total. The highest BCUT2D eigenvalue weighted by Crippen LogP contribution is 2.24. The molecule has 0 aliphatic rings. The first-order valence-corrected chi connectivity index (χ1v) is 8.12. The van der Waals surface area contributed by atoms with Crippen molar-refractivity contribution in [1.82, 2.24) is 14.9 Å². The lowest BCUT2D eigenvalue weighted by Gasteiger charge is -2.26. The van der Waals surface area contributed by atoms with E-state index in [1.807, 2.05) is 0 Å². The molecule has 0 spiro atoms. The minimum absolute atomic E-state index is 0.329. The third kappa shape index (κ3) is 4.07.